The summed E-state index contributed by atoms with van der Waals surface area (Å²) >= 11 is 0. The highest BCUT2D eigenvalue weighted by molar-refractivity contribution is 6.11. The van der Waals surface area contributed by atoms with E-state index in [2.05, 4.69) is 265 Å². The minimum atomic E-state index is -0.533. The van der Waals surface area contributed by atoms with Crippen LogP contribution in [-0.2, 0) is 5.41 Å². The number of fused-ring (bicyclic) bond motifs is 6. The molecule has 11 aromatic rings. The number of hydrogen-bond donors (Lipinski definition) is 0. The average molecular weight is 855 g/mol. The molecule has 12 rings (SSSR count). The van der Waals surface area contributed by atoms with Crippen LogP contribution < -0.4 is 4.90 Å². The second-order valence-corrected chi connectivity index (χ2v) is 17.4. The molecular formula is C65H46N2. The van der Waals surface area contributed by atoms with Crippen LogP contribution in [0.4, 0.5) is 17.1 Å². The Labute approximate surface area is 392 Å². The van der Waals surface area contributed by atoms with Gasteiger partial charge in [0.15, 0.2) is 0 Å². The van der Waals surface area contributed by atoms with Gasteiger partial charge in [-0.15, -0.1) is 0 Å². The predicted molar refractivity (Wildman–Crippen MR) is 284 cm³/mol. The molecule has 2 heteroatoms. The average Bonchev–Trinajstić information content (AvgIpc) is 3.89. The van der Waals surface area contributed by atoms with Crippen LogP contribution in [0.2, 0.25) is 0 Å². The number of anilines is 3. The lowest BCUT2D eigenvalue weighted by atomic mass is 9.67. The van der Waals surface area contributed by atoms with Gasteiger partial charge >= 0.3 is 0 Å². The van der Waals surface area contributed by atoms with Crippen LogP contribution in [0.25, 0.3) is 73.0 Å². The first-order chi connectivity index (χ1) is 33.1. The molecule has 0 aliphatic heterocycles. The van der Waals surface area contributed by atoms with Gasteiger partial charge in [0.05, 0.1) is 16.4 Å². The fourth-order valence-electron chi connectivity index (χ4n) is 10.6. The summed E-state index contributed by atoms with van der Waals surface area (Å²) in [6.45, 7) is 8.01. The number of aromatic nitrogens is 1. The van der Waals surface area contributed by atoms with E-state index in [0.29, 0.717) is 0 Å². The van der Waals surface area contributed by atoms with Crippen LogP contribution in [-0.4, -0.2) is 4.57 Å². The normalized spacial score (nSPS) is 13.9. The van der Waals surface area contributed by atoms with Gasteiger partial charge in [0.1, 0.15) is 0 Å². The number of benzene rings is 10. The third-order valence-electron chi connectivity index (χ3n) is 13.8. The molecule has 67 heavy (non-hydrogen) atoms. The van der Waals surface area contributed by atoms with Crippen molar-refractivity contribution in [3.8, 4) is 39.1 Å². The summed E-state index contributed by atoms with van der Waals surface area (Å²) in [7, 11) is 0. The Balaban J connectivity index is 0.989. The molecule has 2 nitrogen and oxygen atoms in total. The van der Waals surface area contributed by atoms with E-state index in [1.807, 2.05) is 12.2 Å². The molecule has 0 bridgehead atoms. The molecule has 1 heterocycles. The van der Waals surface area contributed by atoms with Crippen molar-refractivity contribution >= 4 is 51.0 Å². The highest BCUT2D eigenvalue weighted by atomic mass is 15.1. The first-order valence-corrected chi connectivity index (χ1v) is 23.0. The Bertz CT molecular complexity index is 3620. The zero-order valence-electron chi connectivity index (χ0n) is 37.1. The van der Waals surface area contributed by atoms with E-state index in [-0.39, 0.29) is 0 Å². The lowest BCUT2D eigenvalue weighted by Gasteiger charge is -2.35. The molecule has 0 radical (unpaired) electrons. The van der Waals surface area contributed by atoms with Gasteiger partial charge in [0.2, 0.25) is 0 Å². The summed E-state index contributed by atoms with van der Waals surface area (Å²) in [5.41, 5.74) is 20.7. The minimum absolute atomic E-state index is 0.533. The highest BCUT2D eigenvalue weighted by Crippen LogP contribution is 2.57. The predicted octanol–water partition coefficient (Wildman–Crippen LogP) is 17.2. The molecule has 0 N–H and O–H groups in total. The molecule has 1 atom stereocenters. The molecule has 0 spiro atoms. The van der Waals surface area contributed by atoms with Crippen molar-refractivity contribution < 1.29 is 0 Å². The minimum Gasteiger partial charge on any atom is -0.310 e. The second kappa shape index (κ2) is 16.4. The van der Waals surface area contributed by atoms with E-state index >= 15 is 0 Å². The van der Waals surface area contributed by atoms with Crippen molar-refractivity contribution in [2.45, 2.75) is 5.41 Å². The van der Waals surface area contributed by atoms with E-state index in [9.17, 15) is 0 Å². The number of rotatable bonds is 10. The van der Waals surface area contributed by atoms with Gasteiger partial charge in [-0.1, -0.05) is 195 Å². The van der Waals surface area contributed by atoms with Gasteiger partial charge < -0.3 is 9.47 Å². The smallest absolute Gasteiger partial charge is 0.0714 e. The van der Waals surface area contributed by atoms with Gasteiger partial charge in [0, 0.05) is 33.5 Å². The molecule has 0 fully saturated rings. The highest BCUT2D eigenvalue weighted by Gasteiger charge is 2.46. The first-order valence-electron chi connectivity index (χ1n) is 23.0. The topological polar surface area (TPSA) is 8.17 Å². The summed E-state index contributed by atoms with van der Waals surface area (Å²) in [5.74, 6) is 0. The molecule has 0 saturated heterocycles. The Morgan fingerprint density at radius 2 is 0.821 bits per heavy atom. The molecule has 1 aromatic heterocycles. The zero-order chi connectivity index (χ0) is 44.9. The molecule has 10 aromatic carbocycles. The van der Waals surface area contributed by atoms with Crippen molar-refractivity contribution in [3.63, 3.8) is 0 Å². The van der Waals surface area contributed by atoms with Crippen LogP contribution >= 0.6 is 0 Å². The molecule has 1 unspecified atom stereocenters. The Hall–Kier alpha value is -8.72. The van der Waals surface area contributed by atoms with Crippen LogP contribution in [0, 0.1) is 0 Å². The summed E-state index contributed by atoms with van der Waals surface area (Å²) in [6.07, 6.45) is 3.81. The molecular weight excluding hydrogens is 809 g/mol. The van der Waals surface area contributed by atoms with E-state index in [1.54, 1.807) is 0 Å². The lowest BCUT2D eigenvalue weighted by Crippen LogP contribution is -2.28. The van der Waals surface area contributed by atoms with E-state index in [1.165, 1.54) is 71.9 Å². The van der Waals surface area contributed by atoms with Crippen LogP contribution in [0.15, 0.2) is 256 Å². The van der Waals surface area contributed by atoms with Gasteiger partial charge in [0.25, 0.3) is 0 Å². The molecule has 0 saturated carbocycles. The van der Waals surface area contributed by atoms with Gasteiger partial charge in [-0.2, -0.15) is 0 Å². The summed E-state index contributed by atoms with van der Waals surface area (Å²) in [6, 6.07) is 88.9. The third-order valence-corrected chi connectivity index (χ3v) is 13.8. The van der Waals surface area contributed by atoms with Gasteiger partial charge in [-0.3, -0.25) is 0 Å². The largest absolute Gasteiger partial charge is 0.310 e. The quantitative estimate of drug-likeness (QED) is 0.133. The maximum Gasteiger partial charge on any atom is 0.0714 e. The van der Waals surface area contributed by atoms with Crippen molar-refractivity contribution in [1.82, 2.24) is 4.57 Å². The Morgan fingerprint density at radius 1 is 0.358 bits per heavy atom. The number of para-hydroxylation sites is 2. The number of hydrogen-bond acceptors (Lipinski definition) is 1. The molecule has 1 aliphatic rings. The fourth-order valence-corrected chi connectivity index (χ4v) is 10.6. The molecule has 1 aliphatic carbocycles. The van der Waals surface area contributed by atoms with Gasteiger partial charge in [-0.05, 0) is 140 Å². The zero-order valence-corrected chi connectivity index (χ0v) is 37.1. The standard InChI is InChI=1S/C65H46N2/c1-3-45-24-28-47(29-25-45)49-32-40-63-59(42-49)60-43-50(33-41-64(60)67(63)54-20-12-7-13-21-54)48-30-36-55(37-31-48)66(53-18-10-6-11-19-53)56-38-39-58-57-22-14-15-23-61(57)65(62(58)44-56,51-16-8-5-9-17-51)52-34-26-46(4-2)27-35-52/h3-44H,1-2H2. The van der Waals surface area contributed by atoms with Crippen molar-refractivity contribution in [1.29, 1.82) is 0 Å². The SMILES string of the molecule is C=Cc1ccc(-c2ccc3c(c2)c2cc(-c4ccc(N(c5ccccc5)c5ccc6c(c5)C(c5ccccc5)(c5ccc(C=C)cc5)c5ccccc5-6)cc4)ccc2n3-c2ccccc2)cc1. The van der Waals surface area contributed by atoms with E-state index < -0.39 is 5.41 Å². The first kappa shape index (κ1) is 39.8. The van der Waals surface area contributed by atoms with Crippen molar-refractivity contribution in [3.05, 3.63) is 289 Å². The molecule has 0 amide bonds. The summed E-state index contributed by atoms with van der Waals surface area (Å²) < 4.78 is 2.39. The third kappa shape index (κ3) is 6.57. The maximum atomic E-state index is 4.06. The summed E-state index contributed by atoms with van der Waals surface area (Å²) in [5, 5.41) is 2.44. The van der Waals surface area contributed by atoms with E-state index in [4.69, 9.17) is 0 Å². The van der Waals surface area contributed by atoms with Crippen molar-refractivity contribution in [2.24, 2.45) is 0 Å². The molecule has 316 valence electrons. The van der Waals surface area contributed by atoms with Crippen LogP contribution in [0.1, 0.15) is 33.4 Å². The van der Waals surface area contributed by atoms with Crippen LogP contribution in [0.3, 0.4) is 0 Å². The van der Waals surface area contributed by atoms with E-state index in [0.717, 1.165) is 39.4 Å². The second-order valence-electron chi connectivity index (χ2n) is 17.4. The Morgan fingerprint density at radius 3 is 1.43 bits per heavy atom. The fraction of sp³-hybridized carbons (Fsp3) is 0.0154. The number of nitrogens with zero attached hydrogens (tertiary/aromatic N) is 2. The monoisotopic (exact) mass is 854 g/mol. The Kier molecular flexibility index (Phi) is 9.73. The summed E-state index contributed by atoms with van der Waals surface area (Å²) in [4.78, 5) is 2.39. The lowest BCUT2D eigenvalue weighted by molar-refractivity contribution is 0.768. The van der Waals surface area contributed by atoms with Crippen molar-refractivity contribution in [2.75, 3.05) is 4.90 Å². The van der Waals surface area contributed by atoms with Gasteiger partial charge in [-0.25, -0.2) is 0 Å². The van der Waals surface area contributed by atoms with Crippen LogP contribution in [0.5, 0.6) is 0 Å². The maximum absolute atomic E-state index is 4.06.